The molecule has 0 aromatic heterocycles. The van der Waals surface area contributed by atoms with Crippen molar-refractivity contribution in [2.75, 3.05) is 0 Å². The van der Waals surface area contributed by atoms with E-state index in [2.05, 4.69) is 16.7 Å². The Hall–Kier alpha value is -2.25. The van der Waals surface area contributed by atoms with Gasteiger partial charge in [-0.3, -0.25) is 19.7 Å². The number of nitrogens with two attached hydrogens (primary N) is 1. The van der Waals surface area contributed by atoms with Crippen molar-refractivity contribution in [3.63, 3.8) is 0 Å². The van der Waals surface area contributed by atoms with E-state index >= 15 is 0 Å². The Labute approximate surface area is 164 Å². The predicted molar refractivity (Wildman–Crippen MR) is 102 cm³/mol. The maximum atomic E-state index is 12.9. The molecule has 1 unspecified atom stereocenters. The van der Waals surface area contributed by atoms with Gasteiger partial charge in [0.15, 0.2) is 0 Å². The number of carbonyl (C=O) groups is 3. The zero-order chi connectivity index (χ0) is 19.5. The standard InChI is InChI=1S/C21H26N4O3/c22-14-6-21(7-14)8-15(9-21)23-10-12-1-2-13-11-25(20(28)16(13)5-12)17-3-4-18(26)24-19(17)27/h1-2,5,14-15,17,23H,3-4,6-11,22H2,(H,24,26,27). The summed E-state index contributed by atoms with van der Waals surface area (Å²) < 4.78 is 0. The van der Waals surface area contributed by atoms with Gasteiger partial charge in [-0.1, -0.05) is 12.1 Å². The number of nitrogens with one attached hydrogen (secondary N) is 2. The molecule has 2 aliphatic carbocycles. The Bertz CT molecular complexity index is 853. The van der Waals surface area contributed by atoms with Gasteiger partial charge in [0.25, 0.3) is 5.91 Å². The minimum Gasteiger partial charge on any atom is -0.328 e. The molecule has 1 aromatic rings. The number of carbonyl (C=O) groups excluding carboxylic acids is 3. The van der Waals surface area contributed by atoms with E-state index in [9.17, 15) is 14.4 Å². The molecule has 1 saturated heterocycles. The number of piperidine rings is 1. The van der Waals surface area contributed by atoms with E-state index in [-0.39, 0.29) is 24.1 Å². The molecule has 0 radical (unpaired) electrons. The number of imide groups is 1. The average molecular weight is 382 g/mol. The van der Waals surface area contributed by atoms with Crippen molar-refractivity contribution in [1.82, 2.24) is 15.5 Å². The maximum absolute atomic E-state index is 12.9. The van der Waals surface area contributed by atoms with Gasteiger partial charge in [-0.25, -0.2) is 0 Å². The highest BCUT2D eigenvalue weighted by Crippen LogP contribution is 2.55. The van der Waals surface area contributed by atoms with Crippen LogP contribution in [0.2, 0.25) is 0 Å². The van der Waals surface area contributed by atoms with Crippen molar-refractivity contribution in [3.05, 3.63) is 34.9 Å². The van der Waals surface area contributed by atoms with Crippen LogP contribution in [-0.4, -0.2) is 40.7 Å². The van der Waals surface area contributed by atoms with Crippen molar-refractivity contribution in [3.8, 4) is 0 Å². The minimum absolute atomic E-state index is 0.114. The highest BCUT2D eigenvalue weighted by atomic mass is 16.2. The molecule has 2 heterocycles. The van der Waals surface area contributed by atoms with Crippen LogP contribution in [0, 0.1) is 5.41 Å². The highest BCUT2D eigenvalue weighted by molar-refractivity contribution is 6.05. The van der Waals surface area contributed by atoms with E-state index in [1.807, 2.05) is 12.1 Å². The number of rotatable bonds is 4. The van der Waals surface area contributed by atoms with Crippen molar-refractivity contribution in [2.45, 2.75) is 69.7 Å². The molecule has 0 bridgehead atoms. The van der Waals surface area contributed by atoms with Gasteiger partial charge in [-0.05, 0) is 54.7 Å². The summed E-state index contributed by atoms with van der Waals surface area (Å²) in [5, 5.41) is 5.94. The lowest BCUT2D eigenvalue weighted by Crippen LogP contribution is -2.58. The summed E-state index contributed by atoms with van der Waals surface area (Å²) in [4.78, 5) is 38.0. The Morgan fingerprint density at radius 1 is 1.18 bits per heavy atom. The van der Waals surface area contributed by atoms with Crippen LogP contribution in [0.3, 0.4) is 0 Å². The molecule has 1 spiro atoms. The summed E-state index contributed by atoms with van der Waals surface area (Å²) in [6, 6.07) is 6.38. The first-order chi connectivity index (χ1) is 13.4. The number of benzene rings is 1. The van der Waals surface area contributed by atoms with Gasteiger partial charge in [0.2, 0.25) is 11.8 Å². The fourth-order valence-electron chi connectivity index (χ4n) is 5.49. The van der Waals surface area contributed by atoms with Crippen LogP contribution in [0.25, 0.3) is 0 Å². The normalized spacial score (nSPS) is 34.1. The second kappa shape index (κ2) is 6.39. The van der Waals surface area contributed by atoms with Gasteiger partial charge in [0.1, 0.15) is 6.04 Å². The third kappa shape index (κ3) is 2.93. The molecule has 2 aliphatic heterocycles. The lowest BCUT2D eigenvalue weighted by molar-refractivity contribution is -0.136. The predicted octanol–water partition coefficient (Wildman–Crippen LogP) is 0.807. The third-order valence-electron chi connectivity index (χ3n) is 6.94. The average Bonchev–Trinajstić information content (AvgIpc) is 2.92. The topological polar surface area (TPSA) is 105 Å². The van der Waals surface area contributed by atoms with Crippen molar-refractivity contribution >= 4 is 17.7 Å². The van der Waals surface area contributed by atoms with Gasteiger partial charge >= 0.3 is 0 Å². The van der Waals surface area contributed by atoms with Gasteiger partial charge in [-0.2, -0.15) is 0 Å². The summed E-state index contributed by atoms with van der Waals surface area (Å²) in [6.45, 7) is 1.17. The largest absolute Gasteiger partial charge is 0.328 e. The zero-order valence-corrected chi connectivity index (χ0v) is 15.9. The summed E-state index contributed by atoms with van der Waals surface area (Å²) >= 11 is 0. The molecule has 28 heavy (non-hydrogen) atoms. The number of nitrogens with zero attached hydrogens (tertiary/aromatic N) is 1. The molecule has 4 N–H and O–H groups in total. The van der Waals surface area contributed by atoms with E-state index in [4.69, 9.17) is 5.73 Å². The molecule has 2 saturated carbocycles. The van der Waals surface area contributed by atoms with E-state index in [1.54, 1.807) is 4.90 Å². The molecule has 3 amide bonds. The van der Waals surface area contributed by atoms with Crippen LogP contribution in [0.15, 0.2) is 18.2 Å². The monoisotopic (exact) mass is 382 g/mol. The van der Waals surface area contributed by atoms with E-state index < -0.39 is 6.04 Å². The molecule has 148 valence electrons. The number of amides is 3. The second-order valence-electron chi connectivity index (χ2n) is 9.05. The summed E-state index contributed by atoms with van der Waals surface area (Å²) in [7, 11) is 0. The van der Waals surface area contributed by atoms with Crippen LogP contribution in [0.5, 0.6) is 0 Å². The van der Waals surface area contributed by atoms with Crippen LogP contribution in [0.4, 0.5) is 0 Å². The smallest absolute Gasteiger partial charge is 0.255 e. The summed E-state index contributed by atoms with van der Waals surface area (Å²) in [5.74, 6) is -0.744. The van der Waals surface area contributed by atoms with Gasteiger partial charge < -0.3 is 16.0 Å². The van der Waals surface area contributed by atoms with Crippen molar-refractivity contribution in [2.24, 2.45) is 11.1 Å². The maximum Gasteiger partial charge on any atom is 0.255 e. The molecule has 3 fully saturated rings. The third-order valence-corrected chi connectivity index (χ3v) is 6.94. The van der Waals surface area contributed by atoms with Crippen molar-refractivity contribution in [1.29, 1.82) is 0 Å². The molecule has 4 aliphatic rings. The zero-order valence-electron chi connectivity index (χ0n) is 15.9. The molecule has 5 rings (SSSR count). The molecule has 1 atom stereocenters. The lowest BCUT2D eigenvalue weighted by Gasteiger charge is -2.57. The first kappa shape index (κ1) is 17.8. The second-order valence-corrected chi connectivity index (χ2v) is 9.05. The molecule has 7 nitrogen and oxygen atoms in total. The Morgan fingerprint density at radius 3 is 2.68 bits per heavy atom. The first-order valence-corrected chi connectivity index (χ1v) is 10.2. The fourth-order valence-corrected chi connectivity index (χ4v) is 5.49. The molecular formula is C21H26N4O3. The molecule has 1 aromatic carbocycles. The highest BCUT2D eigenvalue weighted by Gasteiger charge is 2.51. The number of hydrogen-bond donors (Lipinski definition) is 3. The van der Waals surface area contributed by atoms with Crippen molar-refractivity contribution < 1.29 is 14.4 Å². The SMILES string of the molecule is NC1CC2(C1)CC(NCc1ccc3c(c1)C(=O)N(C1CCC(=O)NC1=O)C3)C2. The minimum atomic E-state index is -0.556. The quantitative estimate of drug-likeness (QED) is 0.669. The number of fused-ring (bicyclic) bond motifs is 1. The lowest BCUT2D eigenvalue weighted by atomic mass is 9.52. The summed E-state index contributed by atoms with van der Waals surface area (Å²) in [5.41, 5.74) is 9.14. The van der Waals surface area contributed by atoms with Crippen LogP contribution >= 0.6 is 0 Å². The van der Waals surface area contributed by atoms with Crippen LogP contribution < -0.4 is 16.4 Å². The van der Waals surface area contributed by atoms with Gasteiger partial charge in [0, 0.05) is 37.2 Å². The molecule has 7 heteroatoms. The van der Waals surface area contributed by atoms with E-state index in [1.165, 1.54) is 12.8 Å². The van der Waals surface area contributed by atoms with Crippen LogP contribution in [0.1, 0.15) is 60.0 Å². The first-order valence-electron chi connectivity index (χ1n) is 10.2. The van der Waals surface area contributed by atoms with E-state index in [0.717, 1.165) is 30.5 Å². The van der Waals surface area contributed by atoms with E-state index in [0.29, 0.717) is 36.0 Å². The Balaban J connectivity index is 1.20. The van der Waals surface area contributed by atoms with Gasteiger partial charge in [-0.15, -0.1) is 0 Å². The van der Waals surface area contributed by atoms with Gasteiger partial charge in [0.05, 0.1) is 0 Å². The molecular weight excluding hydrogens is 356 g/mol. The fraction of sp³-hybridized carbons (Fsp3) is 0.571. The Kier molecular flexibility index (Phi) is 4.07. The van der Waals surface area contributed by atoms with Crippen LogP contribution in [-0.2, 0) is 22.7 Å². The Morgan fingerprint density at radius 2 is 1.96 bits per heavy atom. The summed E-state index contributed by atoms with van der Waals surface area (Å²) in [6.07, 6.45) is 5.40. The number of hydrogen-bond acceptors (Lipinski definition) is 5.